The lowest BCUT2D eigenvalue weighted by atomic mass is 10.0. The van der Waals surface area contributed by atoms with Crippen LogP contribution in [0.4, 0.5) is 5.69 Å². The first-order valence-electron chi connectivity index (χ1n) is 7.30. The van der Waals surface area contributed by atoms with E-state index in [0.29, 0.717) is 6.54 Å². The molecule has 0 aromatic heterocycles. The Balaban J connectivity index is 0. The highest BCUT2D eigenvalue weighted by molar-refractivity contribution is 5.85. The predicted molar refractivity (Wildman–Crippen MR) is 99.4 cm³/mol. The van der Waals surface area contributed by atoms with Gasteiger partial charge in [0.05, 0.1) is 0 Å². The van der Waals surface area contributed by atoms with Gasteiger partial charge in [-0.25, -0.2) is 0 Å². The fourth-order valence-electron chi connectivity index (χ4n) is 2.01. The molecule has 6 heteroatoms. The smallest absolute Gasteiger partial charge is 0.224 e. The highest BCUT2D eigenvalue weighted by Crippen LogP contribution is 2.15. The fraction of sp³-hybridized carbons (Fsp3) is 0.562. The monoisotopic (exact) mass is 349 g/mol. The topological polar surface area (TPSA) is 58.4 Å². The Morgan fingerprint density at radius 2 is 1.95 bits per heavy atom. The largest absolute Gasteiger partial charge is 0.370 e. The molecule has 0 aliphatic rings. The van der Waals surface area contributed by atoms with E-state index in [9.17, 15) is 4.79 Å². The zero-order chi connectivity index (χ0) is 15.1. The van der Waals surface area contributed by atoms with E-state index in [0.717, 1.165) is 13.1 Å². The maximum atomic E-state index is 11.8. The lowest BCUT2D eigenvalue weighted by molar-refractivity contribution is -0.124. The van der Waals surface area contributed by atoms with Crippen LogP contribution in [0.2, 0.25) is 0 Å². The van der Waals surface area contributed by atoms with Gasteiger partial charge in [-0.15, -0.1) is 24.8 Å². The van der Waals surface area contributed by atoms with E-state index in [4.69, 9.17) is 5.73 Å². The summed E-state index contributed by atoms with van der Waals surface area (Å²) in [4.78, 5) is 14.1. The van der Waals surface area contributed by atoms with Gasteiger partial charge in [0.15, 0.2) is 0 Å². The van der Waals surface area contributed by atoms with Gasteiger partial charge in [0.1, 0.15) is 0 Å². The lowest BCUT2D eigenvalue weighted by Crippen LogP contribution is -2.41. The van der Waals surface area contributed by atoms with Gasteiger partial charge in [0.2, 0.25) is 5.91 Å². The fourth-order valence-corrected chi connectivity index (χ4v) is 2.01. The Bertz CT molecular complexity index is 441. The molecular formula is C16H29Cl2N3O. The Hall–Kier alpha value is -0.970. The van der Waals surface area contributed by atoms with E-state index in [2.05, 4.69) is 48.3 Å². The van der Waals surface area contributed by atoms with Gasteiger partial charge in [-0.1, -0.05) is 19.1 Å². The molecule has 0 saturated carbocycles. The molecule has 0 fully saturated rings. The molecule has 0 bridgehead atoms. The molecule has 1 rings (SSSR count). The van der Waals surface area contributed by atoms with Gasteiger partial charge in [-0.2, -0.15) is 0 Å². The molecular weight excluding hydrogens is 321 g/mol. The van der Waals surface area contributed by atoms with Gasteiger partial charge >= 0.3 is 0 Å². The standard InChI is InChI=1S/C16H27N3O.2ClH/c1-5-19(15-8-6-7-12(2)11-15)10-9-18-16(20)13(3)14(4)17;;/h6-8,11,13-14H,5,9-10,17H2,1-4H3,(H,18,20);2*1H. The minimum absolute atomic E-state index is 0. The third kappa shape index (κ3) is 7.34. The van der Waals surface area contributed by atoms with Crippen LogP contribution in [0.15, 0.2) is 24.3 Å². The maximum absolute atomic E-state index is 11.8. The molecule has 0 aliphatic carbocycles. The van der Waals surface area contributed by atoms with Crippen LogP contribution < -0.4 is 16.0 Å². The normalized spacial score (nSPS) is 12.4. The van der Waals surface area contributed by atoms with E-state index in [1.54, 1.807) is 0 Å². The number of amides is 1. The molecule has 128 valence electrons. The van der Waals surface area contributed by atoms with Gasteiger partial charge < -0.3 is 16.0 Å². The first kappa shape index (κ1) is 23.3. The second-order valence-electron chi connectivity index (χ2n) is 5.36. The van der Waals surface area contributed by atoms with Crippen LogP contribution in [-0.2, 0) is 4.79 Å². The van der Waals surface area contributed by atoms with Crippen LogP contribution in [0.3, 0.4) is 0 Å². The predicted octanol–water partition coefficient (Wildman–Crippen LogP) is 2.76. The van der Waals surface area contributed by atoms with E-state index in [-0.39, 0.29) is 42.7 Å². The number of nitrogens with zero attached hydrogens (tertiary/aromatic N) is 1. The second kappa shape index (κ2) is 11.6. The summed E-state index contributed by atoms with van der Waals surface area (Å²) in [5.74, 6) is -0.121. The molecule has 1 aromatic carbocycles. The molecule has 22 heavy (non-hydrogen) atoms. The molecule has 1 aromatic rings. The number of hydrogen-bond acceptors (Lipinski definition) is 3. The van der Waals surface area contributed by atoms with Crippen LogP contribution >= 0.6 is 24.8 Å². The highest BCUT2D eigenvalue weighted by atomic mass is 35.5. The maximum Gasteiger partial charge on any atom is 0.224 e. The summed E-state index contributed by atoms with van der Waals surface area (Å²) in [7, 11) is 0. The summed E-state index contributed by atoms with van der Waals surface area (Å²) in [6.07, 6.45) is 0. The number of nitrogens with two attached hydrogens (primary N) is 1. The van der Waals surface area contributed by atoms with Crippen molar-refractivity contribution in [2.45, 2.75) is 33.7 Å². The third-order valence-corrected chi connectivity index (χ3v) is 3.63. The average Bonchev–Trinajstić information content (AvgIpc) is 2.42. The highest BCUT2D eigenvalue weighted by Gasteiger charge is 2.16. The Morgan fingerprint density at radius 1 is 1.32 bits per heavy atom. The quantitative estimate of drug-likeness (QED) is 0.795. The van der Waals surface area contributed by atoms with Crippen molar-refractivity contribution in [3.8, 4) is 0 Å². The molecule has 1 amide bonds. The summed E-state index contributed by atoms with van der Waals surface area (Å²) in [6.45, 7) is 10.3. The lowest BCUT2D eigenvalue weighted by Gasteiger charge is -2.24. The number of likely N-dealkylation sites (N-methyl/N-ethyl adjacent to an activating group) is 1. The van der Waals surface area contributed by atoms with E-state index >= 15 is 0 Å². The minimum atomic E-state index is -0.149. The summed E-state index contributed by atoms with van der Waals surface area (Å²) in [6, 6.07) is 8.29. The van der Waals surface area contributed by atoms with Crippen molar-refractivity contribution in [2.75, 3.05) is 24.5 Å². The average molecular weight is 350 g/mol. The summed E-state index contributed by atoms with van der Waals surface area (Å²) >= 11 is 0. The zero-order valence-corrected chi connectivity index (χ0v) is 15.5. The van der Waals surface area contributed by atoms with Crippen LogP contribution in [0.1, 0.15) is 26.3 Å². The van der Waals surface area contributed by atoms with Gasteiger partial charge in [-0.3, -0.25) is 4.79 Å². The second-order valence-corrected chi connectivity index (χ2v) is 5.36. The van der Waals surface area contributed by atoms with E-state index in [1.165, 1.54) is 11.3 Å². The van der Waals surface area contributed by atoms with E-state index < -0.39 is 0 Å². The number of anilines is 1. The molecule has 2 unspecified atom stereocenters. The molecule has 0 spiro atoms. The minimum Gasteiger partial charge on any atom is -0.370 e. The van der Waals surface area contributed by atoms with Crippen LogP contribution in [0, 0.1) is 12.8 Å². The Labute approximate surface area is 146 Å². The van der Waals surface area contributed by atoms with Crippen molar-refractivity contribution in [2.24, 2.45) is 11.7 Å². The van der Waals surface area contributed by atoms with Gasteiger partial charge in [0.25, 0.3) is 0 Å². The number of carbonyl (C=O) groups is 1. The van der Waals surface area contributed by atoms with Crippen molar-refractivity contribution in [1.29, 1.82) is 0 Å². The van der Waals surface area contributed by atoms with Crippen molar-refractivity contribution in [3.63, 3.8) is 0 Å². The number of aryl methyl sites for hydroxylation is 1. The molecule has 0 radical (unpaired) electrons. The third-order valence-electron chi connectivity index (χ3n) is 3.63. The van der Waals surface area contributed by atoms with Crippen LogP contribution in [-0.4, -0.2) is 31.6 Å². The summed E-state index contributed by atoms with van der Waals surface area (Å²) in [5.41, 5.74) is 8.17. The van der Waals surface area contributed by atoms with Crippen molar-refractivity contribution >= 4 is 36.4 Å². The molecule has 0 heterocycles. The van der Waals surface area contributed by atoms with Crippen molar-refractivity contribution < 1.29 is 4.79 Å². The SMILES string of the molecule is CCN(CCNC(=O)C(C)C(C)N)c1cccc(C)c1.Cl.Cl. The first-order valence-corrected chi connectivity index (χ1v) is 7.30. The molecule has 3 N–H and O–H groups in total. The van der Waals surface area contributed by atoms with E-state index in [1.807, 2.05) is 13.8 Å². The number of halogens is 2. The number of carbonyl (C=O) groups excluding carboxylic acids is 1. The number of benzene rings is 1. The Morgan fingerprint density at radius 3 is 2.45 bits per heavy atom. The van der Waals surface area contributed by atoms with Gasteiger partial charge in [0, 0.05) is 37.3 Å². The van der Waals surface area contributed by atoms with Crippen molar-refractivity contribution in [1.82, 2.24) is 5.32 Å². The summed E-state index contributed by atoms with van der Waals surface area (Å²) in [5, 5.41) is 2.95. The Kier molecular flexibility index (Phi) is 12.3. The molecule has 0 aliphatic heterocycles. The number of hydrogen-bond donors (Lipinski definition) is 2. The van der Waals surface area contributed by atoms with Gasteiger partial charge in [-0.05, 0) is 38.5 Å². The number of rotatable bonds is 7. The van der Waals surface area contributed by atoms with Crippen LogP contribution in [0.5, 0.6) is 0 Å². The first-order chi connectivity index (χ1) is 9.45. The molecule has 2 atom stereocenters. The zero-order valence-electron chi connectivity index (χ0n) is 13.8. The number of nitrogens with one attached hydrogen (secondary N) is 1. The summed E-state index contributed by atoms with van der Waals surface area (Å²) < 4.78 is 0. The van der Waals surface area contributed by atoms with Crippen LogP contribution in [0.25, 0.3) is 0 Å². The molecule has 4 nitrogen and oxygen atoms in total. The van der Waals surface area contributed by atoms with Crippen molar-refractivity contribution in [3.05, 3.63) is 29.8 Å². The molecule has 0 saturated heterocycles.